The van der Waals surface area contributed by atoms with E-state index in [2.05, 4.69) is 0 Å². The van der Waals surface area contributed by atoms with E-state index in [1.165, 1.54) is 0 Å². The van der Waals surface area contributed by atoms with Crippen molar-refractivity contribution in [1.82, 2.24) is 10.1 Å². The zero-order valence-corrected chi connectivity index (χ0v) is 13.0. The maximum absolute atomic E-state index is 12.2. The minimum Gasteiger partial charge on any atom is -0.286 e. The molecule has 3 amide bonds. The van der Waals surface area contributed by atoms with Crippen molar-refractivity contribution in [3.63, 3.8) is 0 Å². The second kappa shape index (κ2) is 11.2. The molecule has 0 aliphatic rings. The molecule has 0 spiro atoms. The molecule has 122 valence electrons. The van der Waals surface area contributed by atoms with Crippen LogP contribution in [0.15, 0.2) is 0 Å². The summed E-state index contributed by atoms with van der Waals surface area (Å²) in [6.07, 6.45) is 5.13. The highest BCUT2D eigenvalue weighted by atomic mass is 16.5. The van der Waals surface area contributed by atoms with Gasteiger partial charge in [-0.25, -0.2) is 15.9 Å². The molecule has 0 aromatic heterocycles. The molecule has 0 aliphatic heterocycles. The molecule has 0 heterocycles. The number of hydroxylamine groups is 2. The number of amides is 3. The van der Waals surface area contributed by atoms with Gasteiger partial charge < -0.3 is 0 Å². The summed E-state index contributed by atoms with van der Waals surface area (Å²) in [6.45, 7) is 3.82. The summed E-state index contributed by atoms with van der Waals surface area (Å²) in [5.41, 5.74) is 0. The summed E-state index contributed by atoms with van der Waals surface area (Å²) in [7, 11) is 0. The van der Waals surface area contributed by atoms with E-state index in [0.717, 1.165) is 25.7 Å². The first kappa shape index (κ1) is 19.5. The van der Waals surface area contributed by atoms with Crippen LogP contribution in [0.25, 0.3) is 0 Å². The third-order valence-corrected chi connectivity index (χ3v) is 3.28. The Kier molecular flexibility index (Phi) is 10.4. The molecule has 3 N–H and O–H groups in total. The van der Waals surface area contributed by atoms with Crippen molar-refractivity contribution in [2.75, 3.05) is 6.54 Å². The zero-order valence-electron chi connectivity index (χ0n) is 13.0. The summed E-state index contributed by atoms with van der Waals surface area (Å²) in [5.74, 6) is 3.92. The maximum Gasteiger partial charge on any atom is 0.248 e. The van der Waals surface area contributed by atoms with Crippen LogP contribution in [0, 0.1) is 5.92 Å². The molecule has 0 aromatic rings. The fraction of sp³-hybridized carbons (Fsp3) is 0.786. The topological polar surface area (TPSA) is 104 Å². The molecule has 0 aromatic carbocycles. The Morgan fingerprint density at radius 1 is 1.19 bits per heavy atom. The van der Waals surface area contributed by atoms with Gasteiger partial charge in [0.2, 0.25) is 18.2 Å². The fourth-order valence-electron chi connectivity index (χ4n) is 1.97. The second-order valence-electron chi connectivity index (χ2n) is 5.13. The van der Waals surface area contributed by atoms with Crippen LogP contribution in [0.5, 0.6) is 0 Å². The van der Waals surface area contributed by atoms with E-state index in [1.807, 2.05) is 13.8 Å². The van der Waals surface area contributed by atoms with E-state index in [-0.39, 0.29) is 19.4 Å². The molecule has 1 atom stereocenters. The number of carbonyl (C=O) groups excluding carboxylic acids is 3. The minimum atomic E-state index is -0.665. The van der Waals surface area contributed by atoms with E-state index in [9.17, 15) is 19.6 Å². The molecular formula is C14H27N3O4. The molecule has 7 heteroatoms. The van der Waals surface area contributed by atoms with Gasteiger partial charge in [0, 0.05) is 6.42 Å². The highest BCUT2D eigenvalue weighted by Crippen LogP contribution is 2.14. The normalized spacial score (nSPS) is 11.8. The Morgan fingerprint density at radius 3 is 2.33 bits per heavy atom. The molecule has 0 saturated heterocycles. The summed E-state index contributed by atoms with van der Waals surface area (Å²) in [6, 6.07) is 0. The van der Waals surface area contributed by atoms with Crippen LogP contribution in [0.1, 0.15) is 58.8 Å². The summed E-state index contributed by atoms with van der Waals surface area (Å²) >= 11 is 0. The largest absolute Gasteiger partial charge is 0.286 e. The van der Waals surface area contributed by atoms with Crippen LogP contribution in [-0.4, -0.2) is 40.0 Å². The Hall–Kier alpha value is -1.47. The molecular weight excluding hydrogens is 274 g/mol. The predicted molar refractivity (Wildman–Crippen MR) is 77.8 cm³/mol. The van der Waals surface area contributed by atoms with Crippen LogP contribution >= 0.6 is 0 Å². The Morgan fingerprint density at radius 2 is 1.81 bits per heavy atom. The number of hydrogen-bond acceptors (Lipinski definition) is 5. The summed E-state index contributed by atoms with van der Waals surface area (Å²) in [5, 5.41) is 10.3. The first-order valence-corrected chi connectivity index (χ1v) is 7.50. The second-order valence-corrected chi connectivity index (χ2v) is 5.13. The molecule has 7 nitrogen and oxygen atoms in total. The fourth-order valence-corrected chi connectivity index (χ4v) is 1.97. The smallest absolute Gasteiger partial charge is 0.248 e. The lowest BCUT2D eigenvalue weighted by atomic mass is 9.99. The van der Waals surface area contributed by atoms with Crippen molar-refractivity contribution in [3.05, 3.63) is 0 Å². The van der Waals surface area contributed by atoms with Crippen molar-refractivity contribution >= 4 is 18.2 Å². The van der Waals surface area contributed by atoms with Gasteiger partial charge in [-0.15, -0.1) is 0 Å². The summed E-state index contributed by atoms with van der Waals surface area (Å²) < 4.78 is 0. The number of hydrazine groups is 1. The first-order chi connectivity index (χ1) is 9.97. The Labute approximate surface area is 126 Å². The number of nitrogens with two attached hydrogens (primary N) is 1. The van der Waals surface area contributed by atoms with Gasteiger partial charge >= 0.3 is 0 Å². The zero-order chi connectivity index (χ0) is 16.3. The molecule has 1 unspecified atom stereocenters. The summed E-state index contributed by atoms with van der Waals surface area (Å²) in [4.78, 5) is 34.5. The Bertz CT molecular complexity index is 336. The van der Waals surface area contributed by atoms with E-state index in [4.69, 9.17) is 5.84 Å². The average Bonchev–Trinajstić information content (AvgIpc) is 2.49. The number of hydrogen-bond donors (Lipinski definition) is 2. The SMILES string of the molecule is CCCCCC(CN(O)C=O)C(=O)N(N)C(=O)CCCC. The first-order valence-electron chi connectivity index (χ1n) is 7.50. The number of rotatable bonds is 11. The number of imide groups is 1. The molecule has 0 bridgehead atoms. The van der Waals surface area contributed by atoms with Gasteiger partial charge in [-0.3, -0.25) is 19.6 Å². The lowest BCUT2D eigenvalue weighted by Gasteiger charge is -2.23. The van der Waals surface area contributed by atoms with Crippen LogP contribution in [0.3, 0.4) is 0 Å². The molecule has 0 saturated carbocycles. The highest BCUT2D eigenvalue weighted by Gasteiger charge is 2.27. The van der Waals surface area contributed by atoms with Crippen LogP contribution in [-0.2, 0) is 14.4 Å². The standard InChI is InChI=1S/C14H27N3O4/c1-3-5-7-8-12(10-16(21)11-18)14(20)17(15)13(19)9-6-4-2/h11-12,21H,3-10,15H2,1-2H3. The van der Waals surface area contributed by atoms with Crippen LogP contribution in [0.4, 0.5) is 0 Å². The van der Waals surface area contributed by atoms with E-state index in [0.29, 0.717) is 22.9 Å². The number of nitrogens with zero attached hydrogens (tertiary/aromatic N) is 2. The molecule has 21 heavy (non-hydrogen) atoms. The van der Waals surface area contributed by atoms with Gasteiger partial charge in [0.05, 0.1) is 12.5 Å². The lowest BCUT2D eigenvalue weighted by Crippen LogP contribution is -2.48. The van der Waals surface area contributed by atoms with E-state index in [1.54, 1.807) is 0 Å². The van der Waals surface area contributed by atoms with Crippen molar-refractivity contribution in [1.29, 1.82) is 0 Å². The number of unbranched alkanes of at least 4 members (excludes halogenated alkanes) is 3. The third kappa shape index (κ3) is 7.77. The van der Waals surface area contributed by atoms with Gasteiger partial charge in [0.15, 0.2) is 0 Å². The van der Waals surface area contributed by atoms with Crippen molar-refractivity contribution < 1.29 is 19.6 Å². The highest BCUT2D eigenvalue weighted by molar-refractivity contribution is 5.95. The van der Waals surface area contributed by atoms with Crippen molar-refractivity contribution in [2.24, 2.45) is 11.8 Å². The monoisotopic (exact) mass is 301 g/mol. The molecule has 0 rings (SSSR count). The third-order valence-electron chi connectivity index (χ3n) is 3.28. The maximum atomic E-state index is 12.2. The van der Waals surface area contributed by atoms with Gasteiger partial charge in [-0.2, -0.15) is 0 Å². The van der Waals surface area contributed by atoms with Crippen molar-refractivity contribution in [3.8, 4) is 0 Å². The predicted octanol–water partition coefficient (Wildman–Crippen LogP) is 1.45. The minimum absolute atomic E-state index is 0.152. The number of carbonyl (C=O) groups is 3. The molecule has 0 aliphatic carbocycles. The Balaban J connectivity index is 4.65. The van der Waals surface area contributed by atoms with E-state index >= 15 is 0 Å². The van der Waals surface area contributed by atoms with Gasteiger partial charge in [0.1, 0.15) is 0 Å². The van der Waals surface area contributed by atoms with Gasteiger partial charge in [-0.1, -0.05) is 39.5 Å². The van der Waals surface area contributed by atoms with Gasteiger partial charge in [-0.05, 0) is 12.8 Å². The molecule has 0 radical (unpaired) electrons. The van der Waals surface area contributed by atoms with Gasteiger partial charge in [0.25, 0.3) is 0 Å². The lowest BCUT2D eigenvalue weighted by molar-refractivity contribution is -0.159. The quantitative estimate of drug-likeness (QED) is 0.150. The van der Waals surface area contributed by atoms with Crippen LogP contribution < -0.4 is 5.84 Å². The van der Waals surface area contributed by atoms with E-state index < -0.39 is 17.7 Å². The average molecular weight is 301 g/mol. The van der Waals surface area contributed by atoms with Crippen molar-refractivity contribution in [2.45, 2.75) is 58.8 Å². The molecule has 0 fully saturated rings. The van der Waals surface area contributed by atoms with Crippen LogP contribution in [0.2, 0.25) is 0 Å².